The summed E-state index contributed by atoms with van der Waals surface area (Å²) in [5.74, 6) is -1.83. The topological polar surface area (TPSA) is 67.5 Å². The summed E-state index contributed by atoms with van der Waals surface area (Å²) in [6.45, 7) is -0.170. The van der Waals surface area contributed by atoms with Crippen LogP contribution in [-0.2, 0) is 65.5 Å². The average Bonchev–Trinajstić information content (AvgIpc) is 2.89. The third-order valence-electron chi connectivity index (χ3n) is 12.1. The maximum absolute atomic E-state index is 14.2. The van der Waals surface area contributed by atoms with Crippen molar-refractivity contribution in [3.05, 3.63) is 195 Å². The molecule has 81 heavy (non-hydrogen) atoms. The van der Waals surface area contributed by atoms with Gasteiger partial charge in [-0.3, -0.25) is 0 Å². The van der Waals surface area contributed by atoms with E-state index in [0.717, 1.165) is 16.3 Å². The Bertz CT molecular complexity index is 3030. The number of carboxylic acid groups (broad SMARTS) is 1. The van der Waals surface area contributed by atoms with Gasteiger partial charge >= 0.3 is 61.3 Å². The zero-order valence-corrected chi connectivity index (χ0v) is 39.5. The van der Waals surface area contributed by atoms with Crippen LogP contribution in [0, 0.1) is 0 Å². The molecule has 30 heteroatoms. The molecule has 1 N–H and O–H groups in total. The molecule has 0 unspecified atom stereocenters. The van der Waals surface area contributed by atoms with Crippen LogP contribution >= 0.6 is 0 Å². The number of alkyl halides is 24. The highest BCUT2D eigenvalue weighted by Crippen LogP contribution is 2.41. The predicted octanol–water partition coefficient (Wildman–Crippen LogP) is 13.6. The van der Waals surface area contributed by atoms with Gasteiger partial charge in [-0.05, 0) is 35.7 Å². The molecule has 0 amide bonds. The number of ether oxygens (including phenoxy) is 1. The highest BCUT2D eigenvalue weighted by Gasteiger charge is 2.47. The van der Waals surface area contributed by atoms with Crippen molar-refractivity contribution >= 4 is 50.7 Å². The molecule has 0 aliphatic heterocycles. The van der Waals surface area contributed by atoms with Crippen LogP contribution in [0.1, 0.15) is 60.6 Å². The van der Waals surface area contributed by atoms with Crippen LogP contribution in [0.15, 0.2) is 140 Å². The summed E-state index contributed by atoms with van der Waals surface area (Å²) in [7, 11) is 0. The lowest BCUT2D eigenvalue weighted by Gasteiger charge is -2.46. The summed E-state index contributed by atoms with van der Waals surface area (Å²) >= 11 is 0. The third-order valence-corrected chi connectivity index (χ3v) is 12.1. The summed E-state index contributed by atoms with van der Waals surface area (Å²) in [6.07, 6.45) is -53.0. The molecule has 6 aromatic carbocycles. The predicted molar refractivity (Wildman–Crippen MR) is 238 cm³/mol. The van der Waals surface area contributed by atoms with E-state index in [1.54, 1.807) is 4.57 Å². The zero-order valence-electron chi connectivity index (χ0n) is 39.5. The quantitative estimate of drug-likeness (QED) is 0.0677. The second kappa shape index (κ2) is 21.8. The fourth-order valence-electron chi connectivity index (χ4n) is 8.66. The monoisotopic (exact) mass is 1190 g/mol. The summed E-state index contributed by atoms with van der Waals surface area (Å²) in [5, 5.41) is 10.4. The molecule has 0 fully saturated rings. The van der Waals surface area contributed by atoms with Crippen LogP contribution in [-0.4, -0.2) is 29.8 Å². The second-order valence-corrected chi connectivity index (χ2v) is 17.6. The van der Waals surface area contributed by atoms with E-state index in [2.05, 4.69) is 0 Å². The van der Waals surface area contributed by atoms with E-state index in [0.29, 0.717) is 12.2 Å². The molecule has 0 saturated carbocycles. The number of esters is 1. The first-order valence-electron chi connectivity index (χ1n) is 22.1. The van der Waals surface area contributed by atoms with Crippen LogP contribution in [0.2, 0.25) is 0 Å². The Hall–Kier alpha value is -7.95. The molecular formula is C51H28BF24NO4. The van der Waals surface area contributed by atoms with Gasteiger partial charge in [0.15, 0.2) is 19.3 Å². The number of benzene rings is 6. The Kier molecular flexibility index (Phi) is 16.8. The lowest BCUT2D eigenvalue weighted by atomic mass is 9.12. The van der Waals surface area contributed by atoms with Gasteiger partial charge in [0.25, 0.3) is 5.69 Å². The van der Waals surface area contributed by atoms with Crippen molar-refractivity contribution < 1.29 is 129 Å². The molecule has 5 nitrogen and oxygen atoms in total. The molecule has 0 bridgehead atoms. The molecule has 0 atom stereocenters. The van der Waals surface area contributed by atoms with Gasteiger partial charge in [-0.25, -0.2) is 9.59 Å². The first-order chi connectivity index (χ1) is 36.9. The molecule has 0 saturated heterocycles. The largest absolute Gasteiger partial charge is 0.479 e. The molecule has 1 heterocycles. The summed E-state index contributed by atoms with van der Waals surface area (Å²) in [6, 6.07) is 10.3. The van der Waals surface area contributed by atoms with E-state index in [4.69, 9.17) is 9.84 Å². The molecule has 7 rings (SSSR count). The number of rotatable bonds is 9. The minimum atomic E-state index is -6.13. The lowest BCUT2D eigenvalue weighted by molar-refractivity contribution is -0.689. The molecule has 1 aromatic heterocycles. The zero-order chi connectivity index (χ0) is 60.9. The van der Waals surface area contributed by atoms with Crippen molar-refractivity contribution in [1.82, 2.24) is 0 Å². The second-order valence-electron chi connectivity index (χ2n) is 17.6. The molecule has 432 valence electrons. The van der Waals surface area contributed by atoms with Gasteiger partial charge < -0.3 is 9.84 Å². The van der Waals surface area contributed by atoms with Gasteiger partial charge in [0.2, 0.25) is 0 Å². The summed E-state index contributed by atoms with van der Waals surface area (Å²) < 4.78 is 348. The van der Waals surface area contributed by atoms with Gasteiger partial charge in [-0.2, -0.15) is 132 Å². The Morgan fingerprint density at radius 2 is 0.679 bits per heavy atom. The fraction of sp³-hybridized carbons (Fsp3) is 0.196. The van der Waals surface area contributed by atoms with E-state index in [9.17, 15) is 115 Å². The molecule has 0 radical (unpaired) electrons. The van der Waals surface area contributed by atoms with Crippen LogP contribution in [0.25, 0.3) is 10.8 Å². The maximum atomic E-state index is 14.2. The normalized spacial score (nSPS) is 13.2. The van der Waals surface area contributed by atoms with E-state index in [1.807, 2.05) is 66.9 Å². The number of aliphatic carboxylic acids is 1. The van der Waals surface area contributed by atoms with E-state index in [-0.39, 0.29) is 0 Å². The molecule has 0 aliphatic rings. The minimum Gasteiger partial charge on any atom is -0.479 e. The highest BCUT2D eigenvalue weighted by molar-refractivity contribution is 7.20. The first kappa shape index (κ1) is 62.3. The fourth-order valence-corrected chi connectivity index (χ4v) is 8.66. The SMILES string of the molecule is FC(F)(F)c1cc([B-](c2cc(C(F)(F)F)cc(C(F)(F)F)c2)(c2cc(C(F)(F)F)cc(C(F)(F)F)c2)c2cc(C(F)(F)F)cc(C(F)(F)F)c2)cc(C(F)(F)F)c1.O=C(O)COC(=O)c1c2ccccc2cc[n+]1Cc1ccccc1. The Morgan fingerprint density at radius 3 is 0.963 bits per heavy atom. The number of carbonyl (C=O) groups is 2. The number of carbonyl (C=O) groups excluding carboxylic acids is 1. The minimum absolute atomic E-state index is 0.346. The van der Waals surface area contributed by atoms with E-state index < -0.39 is 213 Å². The average molecular weight is 1190 g/mol. The third kappa shape index (κ3) is 14.3. The van der Waals surface area contributed by atoms with Crippen LogP contribution in [0.4, 0.5) is 105 Å². The Balaban J connectivity index is 0.000000363. The maximum Gasteiger partial charge on any atom is 0.416 e. The van der Waals surface area contributed by atoms with E-state index >= 15 is 0 Å². The van der Waals surface area contributed by atoms with Crippen molar-refractivity contribution in [1.29, 1.82) is 0 Å². The van der Waals surface area contributed by atoms with Gasteiger partial charge in [-0.1, -0.05) is 97.1 Å². The number of fused-ring (bicyclic) bond motifs is 1. The van der Waals surface area contributed by atoms with Crippen molar-refractivity contribution in [3.8, 4) is 0 Å². The number of halogens is 24. The van der Waals surface area contributed by atoms with Crippen molar-refractivity contribution in [3.63, 3.8) is 0 Å². The number of carboxylic acids is 1. The smallest absolute Gasteiger partial charge is 0.416 e. The van der Waals surface area contributed by atoms with Crippen molar-refractivity contribution in [2.24, 2.45) is 0 Å². The van der Waals surface area contributed by atoms with Crippen LogP contribution in [0.5, 0.6) is 0 Å². The molecular weight excluding hydrogens is 1160 g/mol. The summed E-state index contributed by atoms with van der Waals surface area (Å²) in [5.41, 5.74) is -28.8. The van der Waals surface area contributed by atoms with Crippen molar-refractivity contribution in [2.75, 3.05) is 6.61 Å². The molecule has 7 aromatic rings. The highest BCUT2D eigenvalue weighted by atomic mass is 19.4. The molecule has 0 spiro atoms. The molecule has 0 aliphatic carbocycles. The van der Waals surface area contributed by atoms with E-state index in [1.165, 1.54) is 0 Å². The van der Waals surface area contributed by atoms with Crippen LogP contribution < -0.4 is 26.4 Å². The number of aromatic nitrogens is 1. The Labute approximate surface area is 437 Å². The Morgan fingerprint density at radius 1 is 0.395 bits per heavy atom. The number of hydrogen-bond donors (Lipinski definition) is 1. The first-order valence-corrected chi connectivity index (χ1v) is 22.1. The number of nitrogens with zero attached hydrogens (tertiary/aromatic N) is 1. The van der Waals surface area contributed by atoms with Crippen molar-refractivity contribution in [2.45, 2.75) is 56.0 Å². The summed E-state index contributed by atoms with van der Waals surface area (Å²) in [4.78, 5) is 23.2. The van der Waals surface area contributed by atoms with Crippen LogP contribution in [0.3, 0.4) is 0 Å². The van der Waals surface area contributed by atoms with Gasteiger partial charge in [0.1, 0.15) is 6.15 Å². The van der Waals surface area contributed by atoms with Gasteiger partial charge in [0, 0.05) is 11.6 Å². The standard InChI is InChI=1S/C32H12BF24.C19H15NO4/c34-25(35,36)13-1-14(26(37,38)39)6-21(5-13)33(22-7-15(27(40,41)42)2-16(8-22)28(43,44)45,23-9-17(29(46,47)48)3-18(10-23)30(49,50)51)24-11-19(31(52,53)54)4-20(12-24)32(55,56)57;21-17(22)13-24-19(23)18-16-9-5-4-8-15(16)10-11-20(18)12-14-6-2-1-3-7-14/h1-12H;1-11H,12-13H2/q-1;/p+1. The number of hydrogen-bond acceptors (Lipinski definition) is 3. The van der Waals surface area contributed by atoms with Gasteiger partial charge in [-0.15, -0.1) is 0 Å². The van der Waals surface area contributed by atoms with Gasteiger partial charge in [0.05, 0.1) is 49.9 Å². The number of pyridine rings is 1. The lowest BCUT2D eigenvalue weighted by Crippen LogP contribution is -2.75.